The Hall–Kier alpha value is -3.05. The number of nitrogens with one attached hydrogen (secondary N) is 3. The van der Waals surface area contributed by atoms with Crippen molar-refractivity contribution in [2.45, 2.75) is 44.3 Å². The summed E-state index contributed by atoms with van der Waals surface area (Å²) in [6.07, 6.45) is 8.10. The van der Waals surface area contributed by atoms with Crippen molar-refractivity contribution in [2.75, 3.05) is 12.4 Å². The van der Waals surface area contributed by atoms with E-state index in [0.29, 0.717) is 40.6 Å². The van der Waals surface area contributed by atoms with Gasteiger partial charge >= 0.3 is 0 Å². The van der Waals surface area contributed by atoms with E-state index in [1.54, 1.807) is 18.3 Å². The Kier molecular flexibility index (Phi) is 6.96. The molecule has 2 aliphatic rings. The Bertz CT molecular complexity index is 1040. The predicted octanol–water partition coefficient (Wildman–Crippen LogP) is 2.86. The fourth-order valence-electron chi connectivity index (χ4n) is 3.74. The number of hydrogen-bond donors (Lipinski definition) is 3. The first-order valence-electron chi connectivity index (χ1n) is 10.3. The van der Waals surface area contributed by atoms with E-state index in [2.05, 4.69) is 30.9 Å². The van der Waals surface area contributed by atoms with Crippen LogP contribution in [0.15, 0.2) is 29.4 Å². The van der Waals surface area contributed by atoms with E-state index < -0.39 is 5.91 Å². The summed E-state index contributed by atoms with van der Waals surface area (Å²) in [5.74, 6) is 0.123. The van der Waals surface area contributed by atoms with Gasteiger partial charge in [0.15, 0.2) is 0 Å². The lowest BCUT2D eigenvalue weighted by Gasteiger charge is -2.30. The van der Waals surface area contributed by atoms with Crippen molar-refractivity contribution in [3.63, 3.8) is 0 Å². The van der Waals surface area contributed by atoms with Crippen molar-refractivity contribution in [3.8, 4) is 5.88 Å². The minimum absolute atomic E-state index is 0.229. The van der Waals surface area contributed by atoms with E-state index in [1.165, 1.54) is 13.2 Å². The van der Waals surface area contributed by atoms with Crippen LogP contribution in [0.4, 0.5) is 15.1 Å². The van der Waals surface area contributed by atoms with E-state index in [-0.39, 0.29) is 17.1 Å². The van der Waals surface area contributed by atoms with Crippen LogP contribution in [0.25, 0.3) is 6.08 Å². The Morgan fingerprint density at radius 3 is 2.75 bits per heavy atom. The third-order valence-electron chi connectivity index (χ3n) is 5.33. The quantitative estimate of drug-likeness (QED) is 0.538. The van der Waals surface area contributed by atoms with Crippen LogP contribution in [-0.2, 0) is 11.3 Å². The predicted molar refractivity (Wildman–Crippen MR) is 118 cm³/mol. The number of rotatable bonds is 7. The number of carbonyl (C=O) groups is 2. The molecule has 1 aliphatic carbocycles. The molecule has 2 amide bonds. The van der Waals surface area contributed by atoms with Crippen molar-refractivity contribution < 1.29 is 18.7 Å². The first-order chi connectivity index (χ1) is 15.5. The van der Waals surface area contributed by atoms with E-state index in [4.69, 9.17) is 4.74 Å². The van der Waals surface area contributed by atoms with Gasteiger partial charge < -0.3 is 15.4 Å². The number of carbonyl (C=O) groups excluding carboxylic acids is 2. The number of nitrogens with zero attached hydrogens (tertiary/aromatic N) is 3. The van der Waals surface area contributed by atoms with Crippen LogP contribution in [0, 0.1) is 5.82 Å². The first-order valence-corrected chi connectivity index (χ1v) is 11.1. The molecule has 0 radical (unpaired) electrons. The highest BCUT2D eigenvalue weighted by Gasteiger charge is 2.25. The number of pyridine rings is 1. The molecule has 1 aliphatic heterocycles. The molecule has 4 rings (SSSR count). The Morgan fingerprint density at radius 1 is 1.25 bits per heavy atom. The van der Waals surface area contributed by atoms with Crippen LogP contribution >= 0.6 is 11.8 Å². The minimum atomic E-state index is -0.411. The summed E-state index contributed by atoms with van der Waals surface area (Å²) in [7, 11) is 1.52. The molecule has 168 valence electrons. The zero-order chi connectivity index (χ0) is 22.5. The minimum Gasteiger partial charge on any atom is -0.481 e. The lowest BCUT2D eigenvalue weighted by Crippen LogP contribution is -2.37. The average molecular weight is 459 g/mol. The van der Waals surface area contributed by atoms with Crippen LogP contribution in [0.2, 0.25) is 0 Å². The molecule has 0 atom stereocenters. The molecule has 3 N–H and O–H groups in total. The zero-order valence-corrected chi connectivity index (χ0v) is 18.2. The summed E-state index contributed by atoms with van der Waals surface area (Å²) in [5.41, 5.74) is 1.26. The standard InChI is InChI=1S/C21H23FN6O3S/c1-31-19-12(8-13(22)11-25-19)10-24-14-2-4-15(5-3-14)26-20-23-7-6-16(27-20)9-17-18(29)28-21(30)32-17/h6-9,11,14-15,24H,2-5,10H2,1H3,(H,23,26,27)(H,28,29,30)/b17-9-. The summed E-state index contributed by atoms with van der Waals surface area (Å²) in [4.78, 5) is 36.0. The van der Waals surface area contributed by atoms with E-state index in [9.17, 15) is 14.0 Å². The topological polar surface area (TPSA) is 118 Å². The normalized spacial score (nSPS) is 22.1. The van der Waals surface area contributed by atoms with Gasteiger partial charge in [0.1, 0.15) is 5.82 Å². The molecule has 11 heteroatoms. The monoisotopic (exact) mass is 458 g/mol. The highest BCUT2D eigenvalue weighted by molar-refractivity contribution is 8.18. The molecule has 1 saturated carbocycles. The van der Waals surface area contributed by atoms with Crippen LogP contribution in [-0.4, -0.2) is 45.3 Å². The number of imide groups is 1. The average Bonchev–Trinajstić information content (AvgIpc) is 3.10. The number of amides is 2. The van der Waals surface area contributed by atoms with Gasteiger partial charge in [-0.25, -0.2) is 19.3 Å². The lowest BCUT2D eigenvalue weighted by atomic mass is 9.91. The fourth-order valence-corrected chi connectivity index (χ4v) is 4.40. The first kappa shape index (κ1) is 22.2. The van der Waals surface area contributed by atoms with Crippen molar-refractivity contribution in [3.05, 3.63) is 46.5 Å². The second kappa shape index (κ2) is 10.0. The zero-order valence-electron chi connectivity index (χ0n) is 17.4. The highest BCUT2D eigenvalue weighted by Crippen LogP contribution is 2.26. The molecule has 0 unspecified atom stereocenters. The second-order valence-electron chi connectivity index (χ2n) is 7.55. The Morgan fingerprint density at radius 2 is 2.03 bits per heavy atom. The van der Waals surface area contributed by atoms with Crippen molar-refractivity contribution >= 4 is 34.9 Å². The number of anilines is 1. The molecule has 3 heterocycles. The molecule has 32 heavy (non-hydrogen) atoms. The van der Waals surface area contributed by atoms with Crippen LogP contribution in [0.1, 0.15) is 36.9 Å². The maximum atomic E-state index is 13.5. The summed E-state index contributed by atoms with van der Waals surface area (Å²) < 4.78 is 18.7. The Labute approximate surface area is 188 Å². The third kappa shape index (κ3) is 5.60. The largest absolute Gasteiger partial charge is 0.481 e. The second-order valence-corrected chi connectivity index (χ2v) is 8.57. The SMILES string of the molecule is COc1ncc(F)cc1CNC1CCC(Nc2nccc(/C=C3\SC(=O)NC3=O)n2)CC1. The van der Waals surface area contributed by atoms with Gasteiger partial charge in [-0.15, -0.1) is 0 Å². The summed E-state index contributed by atoms with van der Waals surface area (Å²) in [6, 6.07) is 3.67. The lowest BCUT2D eigenvalue weighted by molar-refractivity contribution is -0.115. The van der Waals surface area contributed by atoms with Gasteiger partial charge in [0, 0.05) is 30.4 Å². The number of aromatic nitrogens is 3. The van der Waals surface area contributed by atoms with E-state index in [1.807, 2.05) is 0 Å². The summed E-state index contributed by atoms with van der Waals surface area (Å²) in [6.45, 7) is 0.491. The molecular formula is C21H23FN6O3S. The van der Waals surface area contributed by atoms with Crippen molar-refractivity contribution in [1.82, 2.24) is 25.6 Å². The van der Waals surface area contributed by atoms with Crippen LogP contribution in [0.3, 0.4) is 0 Å². The molecule has 1 saturated heterocycles. The molecule has 0 bridgehead atoms. The van der Waals surface area contributed by atoms with Gasteiger partial charge in [-0.05, 0) is 55.7 Å². The van der Waals surface area contributed by atoms with E-state index in [0.717, 1.165) is 43.6 Å². The fraction of sp³-hybridized carbons (Fsp3) is 0.381. The van der Waals surface area contributed by atoms with Gasteiger partial charge in [-0.1, -0.05) is 0 Å². The number of methoxy groups -OCH3 is 1. The smallest absolute Gasteiger partial charge is 0.290 e. The van der Waals surface area contributed by atoms with Crippen molar-refractivity contribution in [1.29, 1.82) is 0 Å². The molecule has 2 fully saturated rings. The maximum Gasteiger partial charge on any atom is 0.290 e. The number of ether oxygens (including phenoxy) is 1. The molecule has 9 nitrogen and oxygen atoms in total. The number of halogens is 1. The maximum absolute atomic E-state index is 13.5. The van der Waals surface area contributed by atoms with Gasteiger partial charge in [0.2, 0.25) is 11.8 Å². The van der Waals surface area contributed by atoms with Crippen LogP contribution in [0.5, 0.6) is 5.88 Å². The summed E-state index contributed by atoms with van der Waals surface area (Å²) >= 11 is 0.857. The third-order valence-corrected chi connectivity index (χ3v) is 6.14. The van der Waals surface area contributed by atoms with Crippen molar-refractivity contribution in [2.24, 2.45) is 0 Å². The molecule has 2 aromatic rings. The van der Waals surface area contributed by atoms with Gasteiger partial charge in [-0.3, -0.25) is 14.9 Å². The Balaban J connectivity index is 1.28. The molecule has 0 spiro atoms. The van der Waals surface area contributed by atoms with Gasteiger partial charge in [-0.2, -0.15) is 0 Å². The summed E-state index contributed by atoms with van der Waals surface area (Å²) in [5, 5.41) is 8.65. The van der Waals surface area contributed by atoms with Crippen LogP contribution < -0.4 is 20.7 Å². The highest BCUT2D eigenvalue weighted by atomic mass is 32.2. The molecular weight excluding hydrogens is 435 g/mol. The molecule has 0 aromatic carbocycles. The van der Waals surface area contributed by atoms with E-state index >= 15 is 0 Å². The number of thioether (sulfide) groups is 1. The van der Waals surface area contributed by atoms with Gasteiger partial charge in [0.25, 0.3) is 11.1 Å². The number of hydrogen-bond acceptors (Lipinski definition) is 9. The van der Waals surface area contributed by atoms with Gasteiger partial charge in [0.05, 0.1) is 23.9 Å². The molecule has 2 aromatic heterocycles.